The van der Waals surface area contributed by atoms with Crippen molar-refractivity contribution in [2.24, 2.45) is 0 Å². The van der Waals surface area contributed by atoms with E-state index in [1.54, 1.807) is 7.11 Å². The van der Waals surface area contributed by atoms with Gasteiger partial charge in [-0.15, -0.1) is 0 Å². The highest BCUT2D eigenvalue weighted by Gasteiger charge is 2.23. The van der Waals surface area contributed by atoms with Crippen LogP contribution < -0.4 is 4.74 Å². The van der Waals surface area contributed by atoms with Gasteiger partial charge in [-0.2, -0.15) is 0 Å². The molecule has 1 aromatic carbocycles. The third kappa shape index (κ3) is 1.83. The molecule has 0 atom stereocenters. The number of hydrogen-bond acceptors (Lipinski definition) is 4. The molecule has 0 aliphatic carbocycles. The van der Waals surface area contributed by atoms with Crippen LogP contribution in [0.4, 0.5) is 0 Å². The minimum Gasteiger partial charge on any atom is -0.481 e. The minimum atomic E-state index is -0.364. The van der Waals surface area contributed by atoms with Gasteiger partial charge >= 0.3 is 0 Å². The van der Waals surface area contributed by atoms with Gasteiger partial charge in [0.15, 0.2) is 6.29 Å². The summed E-state index contributed by atoms with van der Waals surface area (Å²) >= 11 is 0. The molecule has 3 rings (SSSR count). The highest BCUT2D eigenvalue weighted by Crippen LogP contribution is 2.33. The molecular weight excluding hydrogens is 230 g/mol. The van der Waals surface area contributed by atoms with Crippen molar-refractivity contribution >= 4 is 10.9 Å². The fraction of sp³-hybridized carbons (Fsp3) is 0.357. The Morgan fingerprint density at radius 2 is 2.06 bits per heavy atom. The Balaban J connectivity index is 2.18. The van der Waals surface area contributed by atoms with E-state index in [1.807, 2.05) is 31.2 Å². The van der Waals surface area contributed by atoms with Crippen LogP contribution in [0.15, 0.2) is 24.3 Å². The van der Waals surface area contributed by atoms with Gasteiger partial charge in [-0.3, -0.25) is 0 Å². The molecule has 1 aliphatic rings. The third-order valence-corrected chi connectivity index (χ3v) is 3.11. The van der Waals surface area contributed by atoms with Gasteiger partial charge < -0.3 is 14.2 Å². The monoisotopic (exact) mass is 245 g/mol. The Morgan fingerprint density at radius 1 is 1.28 bits per heavy atom. The van der Waals surface area contributed by atoms with Crippen molar-refractivity contribution in [1.82, 2.24) is 4.98 Å². The fourth-order valence-corrected chi connectivity index (χ4v) is 2.22. The van der Waals surface area contributed by atoms with Crippen molar-refractivity contribution in [2.75, 3.05) is 20.3 Å². The van der Waals surface area contributed by atoms with Gasteiger partial charge in [0.05, 0.1) is 31.4 Å². The zero-order chi connectivity index (χ0) is 12.5. The number of pyridine rings is 1. The molecule has 2 aromatic rings. The first-order valence-electron chi connectivity index (χ1n) is 5.97. The van der Waals surface area contributed by atoms with E-state index in [1.165, 1.54) is 0 Å². The number of methoxy groups -OCH3 is 1. The van der Waals surface area contributed by atoms with E-state index >= 15 is 0 Å². The molecule has 1 aliphatic heterocycles. The Bertz CT molecular complexity index is 577. The lowest BCUT2D eigenvalue weighted by Gasteiger charge is -2.14. The lowest BCUT2D eigenvalue weighted by molar-refractivity contribution is -0.0457. The lowest BCUT2D eigenvalue weighted by atomic mass is 10.1. The van der Waals surface area contributed by atoms with Crippen LogP contribution in [0.3, 0.4) is 0 Å². The molecule has 4 nitrogen and oxygen atoms in total. The molecule has 0 N–H and O–H groups in total. The number of nitrogens with zero attached hydrogens (tertiary/aromatic N) is 1. The number of benzene rings is 1. The van der Waals surface area contributed by atoms with Crippen LogP contribution in [-0.2, 0) is 9.47 Å². The molecular formula is C14H15NO3. The normalized spacial score (nSPS) is 16.3. The Labute approximate surface area is 105 Å². The van der Waals surface area contributed by atoms with Crippen LogP contribution in [0.1, 0.15) is 17.4 Å². The number of aryl methyl sites for hydroxylation is 1. The molecule has 4 heteroatoms. The average Bonchev–Trinajstić information content (AvgIpc) is 2.91. The topological polar surface area (TPSA) is 40.6 Å². The first-order chi connectivity index (χ1) is 8.79. The van der Waals surface area contributed by atoms with Crippen LogP contribution >= 0.6 is 0 Å². The summed E-state index contributed by atoms with van der Waals surface area (Å²) in [5.41, 5.74) is 2.94. The van der Waals surface area contributed by atoms with Crippen molar-refractivity contribution < 1.29 is 14.2 Å². The number of para-hydroxylation sites is 1. The van der Waals surface area contributed by atoms with Crippen LogP contribution in [0, 0.1) is 6.92 Å². The maximum atomic E-state index is 5.52. The largest absolute Gasteiger partial charge is 0.481 e. The van der Waals surface area contributed by atoms with E-state index in [0.29, 0.717) is 19.1 Å². The second kappa shape index (κ2) is 4.55. The minimum absolute atomic E-state index is 0.364. The van der Waals surface area contributed by atoms with E-state index in [4.69, 9.17) is 14.2 Å². The summed E-state index contributed by atoms with van der Waals surface area (Å²) in [6.07, 6.45) is -0.364. The second-order valence-electron chi connectivity index (χ2n) is 4.31. The maximum Gasteiger partial charge on any atom is 0.222 e. The standard InChI is InChI=1S/C14H15NO3/c1-9-4-3-5-10-8-11(14-17-6-7-18-14)13(16-2)15-12(9)10/h3-5,8,14H,6-7H2,1-2H3. The van der Waals surface area contributed by atoms with Gasteiger partial charge in [-0.05, 0) is 18.6 Å². The van der Waals surface area contributed by atoms with Gasteiger partial charge in [-0.25, -0.2) is 4.98 Å². The Morgan fingerprint density at radius 3 is 2.78 bits per heavy atom. The molecule has 94 valence electrons. The average molecular weight is 245 g/mol. The summed E-state index contributed by atoms with van der Waals surface area (Å²) in [7, 11) is 1.62. The van der Waals surface area contributed by atoms with Crippen molar-refractivity contribution in [3.8, 4) is 5.88 Å². The van der Waals surface area contributed by atoms with Gasteiger partial charge in [0, 0.05) is 5.39 Å². The highest BCUT2D eigenvalue weighted by atomic mass is 16.7. The van der Waals surface area contributed by atoms with Crippen molar-refractivity contribution in [3.63, 3.8) is 0 Å². The molecule has 1 fully saturated rings. The summed E-state index contributed by atoms with van der Waals surface area (Å²) < 4.78 is 16.4. The molecule has 0 spiro atoms. The lowest BCUT2D eigenvalue weighted by Crippen LogP contribution is -2.03. The maximum absolute atomic E-state index is 5.52. The number of fused-ring (bicyclic) bond motifs is 1. The van der Waals surface area contributed by atoms with Crippen molar-refractivity contribution in [2.45, 2.75) is 13.2 Å². The Kier molecular flexibility index (Phi) is 2.89. The quantitative estimate of drug-likeness (QED) is 0.815. The molecule has 1 aromatic heterocycles. The van der Waals surface area contributed by atoms with Gasteiger partial charge in [0.2, 0.25) is 5.88 Å². The smallest absolute Gasteiger partial charge is 0.222 e. The van der Waals surface area contributed by atoms with Crippen LogP contribution in [0.25, 0.3) is 10.9 Å². The van der Waals surface area contributed by atoms with Crippen LogP contribution in [0.5, 0.6) is 5.88 Å². The second-order valence-corrected chi connectivity index (χ2v) is 4.31. The SMILES string of the molecule is COc1nc2c(C)cccc2cc1C1OCCO1. The molecule has 18 heavy (non-hydrogen) atoms. The summed E-state index contributed by atoms with van der Waals surface area (Å²) in [6, 6.07) is 8.13. The van der Waals surface area contributed by atoms with Crippen LogP contribution in [-0.4, -0.2) is 25.3 Å². The zero-order valence-electron chi connectivity index (χ0n) is 10.5. The molecule has 1 saturated heterocycles. The van der Waals surface area contributed by atoms with E-state index in [9.17, 15) is 0 Å². The summed E-state index contributed by atoms with van der Waals surface area (Å²) in [5, 5.41) is 1.07. The summed E-state index contributed by atoms with van der Waals surface area (Å²) in [5.74, 6) is 0.573. The first kappa shape index (κ1) is 11.4. The molecule has 0 bridgehead atoms. The van der Waals surface area contributed by atoms with Crippen LogP contribution in [0.2, 0.25) is 0 Å². The molecule has 0 amide bonds. The zero-order valence-corrected chi connectivity index (χ0v) is 10.5. The van der Waals surface area contributed by atoms with Gasteiger partial charge in [-0.1, -0.05) is 18.2 Å². The van der Waals surface area contributed by atoms with E-state index < -0.39 is 0 Å². The predicted octanol–water partition coefficient (Wildman–Crippen LogP) is 2.60. The van der Waals surface area contributed by atoms with E-state index in [0.717, 1.165) is 22.0 Å². The highest BCUT2D eigenvalue weighted by molar-refractivity contribution is 5.83. The number of hydrogen-bond donors (Lipinski definition) is 0. The molecule has 0 radical (unpaired) electrons. The number of ether oxygens (including phenoxy) is 3. The van der Waals surface area contributed by atoms with Crippen molar-refractivity contribution in [1.29, 1.82) is 0 Å². The number of rotatable bonds is 2. The summed E-state index contributed by atoms with van der Waals surface area (Å²) in [6.45, 7) is 3.26. The first-order valence-corrected chi connectivity index (χ1v) is 5.97. The molecule has 0 saturated carbocycles. The van der Waals surface area contributed by atoms with E-state index in [2.05, 4.69) is 4.98 Å². The molecule has 0 unspecified atom stereocenters. The summed E-state index contributed by atoms with van der Waals surface area (Å²) in [4.78, 5) is 4.56. The molecule has 2 heterocycles. The Hall–Kier alpha value is -1.65. The van der Waals surface area contributed by atoms with Gasteiger partial charge in [0.25, 0.3) is 0 Å². The van der Waals surface area contributed by atoms with Crippen molar-refractivity contribution in [3.05, 3.63) is 35.4 Å². The van der Waals surface area contributed by atoms with E-state index in [-0.39, 0.29) is 6.29 Å². The predicted molar refractivity (Wildman–Crippen MR) is 67.7 cm³/mol. The third-order valence-electron chi connectivity index (χ3n) is 3.11. The fourth-order valence-electron chi connectivity index (χ4n) is 2.22. The van der Waals surface area contributed by atoms with Gasteiger partial charge in [0.1, 0.15) is 0 Å². The number of aromatic nitrogens is 1.